The predicted molar refractivity (Wildman–Crippen MR) is 183 cm³/mol. The number of benzene rings is 7. The molecule has 0 radical (unpaired) electrons. The van der Waals surface area contributed by atoms with Crippen LogP contribution in [0.4, 0.5) is 0 Å². The summed E-state index contributed by atoms with van der Waals surface area (Å²) in [6.07, 6.45) is 1.80. The van der Waals surface area contributed by atoms with Gasteiger partial charge >= 0.3 is 0 Å². The number of rotatable bonds is 4. The molecule has 2 heteroatoms. The van der Waals surface area contributed by atoms with Crippen LogP contribution in [0.25, 0.3) is 76.8 Å². The van der Waals surface area contributed by atoms with E-state index in [1.165, 1.54) is 54.6 Å². The maximum atomic E-state index is 9.29. The summed E-state index contributed by atoms with van der Waals surface area (Å²) in [6, 6.07) is 56.0. The third-order valence-corrected chi connectivity index (χ3v) is 8.55. The van der Waals surface area contributed by atoms with Gasteiger partial charge in [-0.25, -0.2) is 4.98 Å². The Kier molecular flexibility index (Phi) is 6.21. The van der Waals surface area contributed by atoms with E-state index in [0.29, 0.717) is 5.69 Å². The first kappa shape index (κ1) is 25.7. The highest BCUT2D eigenvalue weighted by molar-refractivity contribution is 6.22. The van der Waals surface area contributed by atoms with Crippen LogP contribution in [0, 0.1) is 11.3 Å². The number of hydrogen-bond acceptors (Lipinski definition) is 2. The second-order valence-electron chi connectivity index (χ2n) is 11.0. The van der Waals surface area contributed by atoms with Gasteiger partial charge in [0.2, 0.25) is 0 Å². The number of fused-ring (bicyclic) bond motifs is 3. The first-order valence-corrected chi connectivity index (χ1v) is 14.8. The molecule has 1 heterocycles. The minimum Gasteiger partial charge on any atom is -0.245 e. The van der Waals surface area contributed by atoms with Crippen molar-refractivity contribution < 1.29 is 0 Å². The molecule has 8 aromatic rings. The molecule has 0 atom stereocenters. The lowest BCUT2D eigenvalue weighted by Gasteiger charge is -2.19. The van der Waals surface area contributed by atoms with Gasteiger partial charge in [-0.2, -0.15) is 5.26 Å². The molecule has 204 valence electrons. The molecule has 0 saturated heterocycles. The number of nitriles is 1. The SMILES string of the molecule is N#Cc1ccc(-c2ccc3cc(-c4c5ccccc5c(-c5ccccc5)c5ccccc45)ccc3c2-c2ccccc2)cn1. The molecule has 2 nitrogen and oxygen atoms in total. The highest BCUT2D eigenvalue weighted by Gasteiger charge is 2.18. The molecule has 8 rings (SSSR count). The Labute approximate surface area is 256 Å². The summed E-state index contributed by atoms with van der Waals surface area (Å²) in [4.78, 5) is 4.37. The number of nitrogens with zero attached hydrogens (tertiary/aromatic N) is 2. The first-order valence-electron chi connectivity index (χ1n) is 14.8. The molecule has 0 bridgehead atoms. The zero-order valence-corrected chi connectivity index (χ0v) is 23.9. The van der Waals surface area contributed by atoms with Crippen LogP contribution in [-0.2, 0) is 0 Å². The molecule has 0 aliphatic carbocycles. The molecule has 0 fully saturated rings. The zero-order valence-electron chi connectivity index (χ0n) is 23.9. The van der Waals surface area contributed by atoms with E-state index in [9.17, 15) is 5.26 Å². The van der Waals surface area contributed by atoms with E-state index in [-0.39, 0.29) is 0 Å². The highest BCUT2D eigenvalue weighted by atomic mass is 14.7. The van der Waals surface area contributed by atoms with Crippen LogP contribution < -0.4 is 0 Å². The van der Waals surface area contributed by atoms with Gasteiger partial charge in [-0.05, 0) is 89.5 Å². The van der Waals surface area contributed by atoms with Gasteiger partial charge in [0, 0.05) is 11.8 Å². The van der Waals surface area contributed by atoms with Gasteiger partial charge in [-0.15, -0.1) is 0 Å². The number of aromatic nitrogens is 1. The summed E-state index contributed by atoms with van der Waals surface area (Å²) in [5.41, 5.74) is 9.74. The van der Waals surface area contributed by atoms with Gasteiger partial charge in [0.25, 0.3) is 0 Å². The van der Waals surface area contributed by atoms with Gasteiger partial charge in [-0.3, -0.25) is 0 Å². The summed E-state index contributed by atoms with van der Waals surface area (Å²) in [6.45, 7) is 0. The van der Waals surface area contributed by atoms with E-state index in [2.05, 4.69) is 145 Å². The van der Waals surface area contributed by atoms with Crippen LogP contribution in [0.3, 0.4) is 0 Å². The first-order chi connectivity index (χ1) is 21.8. The Morgan fingerprint density at radius 2 is 0.932 bits per heavy atom. The van der Waals surface area contributed by atoms with Crippen LogP contribution >= 0.6 is 0 Å². The average Bonchev–Trinajstić information content (AvgIpc) is 3.10. The summed E-state index contributed by atoms with van der Waals surface area (Å²) in [5.74, 6) is 0. The standard InChI is InChI=1S/C42H26N2/c43-26-33-22-19-32(27-44-33)35-23-20-30-25-31(21-24-34(30)40(35)28-11-3-1-4-12-28)42-38-17-9-7-15-36(38)41(29-13-5-2-6-14-29)37-16-8-10-18-39(37)42/h1-25,27H. The van der Waals surface area contributed by atoms with Crippen molar-refractivity contribution in [2.45, 2.75) is 0 Å². The molecular weight excluding hydrogens is 532 g/mol. The van der Waals surface area contributed by atoms with Crippen LogP contribution in [0.2, 0.25) is 0 Å². The van der Waals surface area contributed by atoms with Gasteiger partial charge in [0.15, 0.2) is 0 Å². The third kappa shape index (κ3) is 4.23. The van der Waals surface area contributed by atoms with Crippen molar-refractivity contribution >= 4 is 32.3 Å². The van der Waals surface area contributed by atoms with Crippen molar-refractivity contribution in [1.29, 1.82) is 5.26 Å². The van der Waals surface area contributed by atoms with Gasteiger partial charge < -0.3 is 0 Å². The Morgan fingerprint density at radius 1 is 0.409 bits per heavy atom. The molecule has 0 aliphatic rings. The minimum atomic E-state index is 0.415. The lowest BCUT2D eigenvalue weighted by atomic mass is 9.84. The molecule has 7 aromatic carbocycles. The van der Waals surface area contributed by atoms with Gasteiger partial charge in [0.1, 0.15) is 11.8 Å². The van der Waals surface area contributed by atoms with Crippen molar-refractivity contribution in [2.75, 3.05) is 0 Å². The van der Waals surface area contributed by atoms with E-state index in [1.54, 1.807) is 12.3 Å². The van der Waals surface area contributed by atoms with Crippen molar-refractivity contribution in [2.24, 2.45) is 0 Å². The smallest absolute Gasteiger partial charge is 0.140 e. The summed E-state index contributed by atoms with van der Waals surface area (Å²) >= 11 is 0. The fourth-order valence-corrected chi connectivity index (χ4v) is 6.62. The van der Waals surface area contributed by atoms with E-state index in [0.717, 1.165) is 22.3 Å². The molecule has 0 unspecified atom stereocenters. The van der Waals surface area contributed by atoms with Crippen molar-refractivity contribution in [1.82, 2.24) is 4.98 Å². The lowest BCUT2D eigenvalue weighted by molar-refractivity contribution is 1.27. The summed E-state index contributed by atoms with van der Waals surface area (Å²) in [7, 11) is 0. The fourth-order valence-electron chi connectivity index (χ4n) is 6.62. The average molecular weight is 559 g/mol. The van der Waals surface area contributed by atoms with Crippen LogP contribution in [0.15, 0.2) is 158 Å². The largest absolute Gasteiger partial charge is 0.245 e. The molecule has 0 spiro atoms. The fraction of sp³-hybridized carbons (Fsp3) is 0. The molecule has 44 heavy (non-hydrogen) atoms. The molecule has 0 N–H and O–H groups in total. The topological polar surface area (TPSA) is 36.7 Å². The minimum absolute atomic E-state index is 0.415. The number of hydrogen-bond donors (Lipinski definition) is 0. The van der Waals surface area contributed by atoms with Gasteiger partial charge in [-0.1, -0.05) is 133 Å². The third-order valence-electron chi connectivity index (χ3n) is 8.55. The van der Waals surface area contributed by atoms with Gasteiger partial charge in [0.05, 0.1) is 0 Å². The van der Waals surface area contributed by atoms with E-state index in [4.69, 9.17) is 0 Å². The van der Waals surface area contributed by atoms with E-state index in [1.807, 2.05) is 12.1 Å². The molecule has 0 saturated carbocycles. The Balaban J connectivity index is 1.40. The van der Waals surface area contributed by atoms with E-state index >= 15 is 0 Å². The zero-order chi connectivity index (χ0) is 29.5. The predicted octanol–water partition coefficient (Wildman–Crippen LogP) is 11.1. The second-order valence-corrected chi connectivity index (χ2v) is 11.0. The quantitative estimate of drug-likeness (QED) is 0.201. The highest BCUT2D eigenvalue weighted by Crippen LogP contribution is 2.45. The van der Waals surface area contributed by atoms with E-state index < -0.39 is 0 Å². The second kappa shape index (κ2) is 10.7. The number of pyridine rings is 1. The van der Waals surface area contributed by atoms with Crippen LogP contribution in [-0.4, -0.2) is 4.98 Å². The molecule has 1 aromatic heterocycles. The summed E-state index contributed by atoms with van der Waals surface area (Å²) < 4.78 is 0. The Hall–Kier alpha value is -6.04. The molecule has 0 amide bonds. The monoisotopic (exact) mass is 558 g/mol. The normalized spacial score (nSPS) is 11.2. The lowest BCUT2D eigenvalue weighted by Crippen LogP contribution is -1.92. The van der Waals surface area contributed by atoms with Crippen LogP contribution in [0.5, 0.6) is 0 Å². The molecular formula is C42H26N2. The maximum Gasteiger partial charge on any atom is 0.140 e. The maximum absolute atomic E-state index is 9.29. The Bertz CT molecular complexity index is 2310. The van der Waals surface area contributed by atoms with Crippen LogP contribution in [0.1, 0.15) is 5.69 Å². The summed E-state index contributed by atoms with van der Waals surface area (Å²) in [5, 5.41) is 16.6. The van der Waals surface area contributed by atoms with Crippen molar-refractivity contribution in [3.8, 4) is 50.6 Å². The van der Waals surface area contributed by atoms with Crippen molar-refractivity contribution in [3.63, 3.8) is 0 Å². The van der Waals surface area contributed by atoms with Crippen molar-refractivity contribution in [3.05, 3.63) is 164 Å². The molecule has 0 aliphatic heterocycles. The Morgan fingerprint density at radius 3 is 1.48 bits per heavy atom.